The fraction of sp³-hybridized carbons (Fsp3) is 0.833. The largest absolute Gasteiger partial charge is 0.392 e. The van der Waals surface area contributed by atoms with E-state index in [1.807, 2.05) is 0 Å². The lowest BCUT2D eigenvalue weighted by atomic mass is 10.0. The molecule has 2 heteroatoms. The normalized spacial score (nSPS) is 26.1. The second-order valence-corrected chi connectivity index (χ2v) is 2.44. The highest BCUT2D eigenvalue weighted by Crippen LogP contribution is 2.47. The maximum Gasteiger partial charge on any atom is 0.0830 e. The van der Waals surface area contributed by atoms with E-state index in [2.05, 4.69) is 6.07 Å². The molecule has 1 aliphatic rings. The van der Waals surface area contributed by atoms with Crippen molar-refractivity contribution in [2.75, 3.05) is 0 Å². The molecule has 1 saturated carbocycles. The molecule has 0 bridgehead atoms. The Morgan fingerprint density at radius 2 is 2.25 bits per heavy atom. The summed E-state index contributed by atoms with van der Waals surface area (Å²) in [5, 5.41) is 17.3. The van der Waals surface area contributed by atoms with Gasteiger partial charge >= 0.3 is 0 Å². The van der Waals surface area contributed by atoms with Crippen LogP contribution in [-0.4, -0.2) is 11.2 Å². The summed E-state index contributed by atoms with van der Waals surface area (Å²) in [6.45, 7) is 1.68. The fourth-order valence-corrected chi connectivity index (χ4v) is 0.758. The number of hydrogen-bond donors (Lipinski definition) is 1. The van der Waals surface area contributed by atoms with Gasteiger partial charge in [-0.25, -0.2) is 0 Å². The molecule has 0 aliphatic heterocycles. The van der Waals surface area contributed by atoms with Crippen molar-refractivity contribution in [2.45, 2.75) is 25.9 Å². The van der Waals surface area contributed by atoms with Gasteiger partial charge in [-0.15, -0.1) is 0 Å². The zero-order valence-electron chi connectivity index (χ0n) is 4.89. The first-order valence-corrected chi connectivity index (χ1v) is 2.80. The minimum Gasteiger partial charge on any atom is -0.392 e. The average molecular weight is 111 g/mol. The highest BCUT2D eigenvalue weighted by Gasteiger charge is 2.47. The fourth-order valence-electron chi connectivity index (χ4n) is 0.758. The lowest BCUT2D eigenvalue weighted by Crippen LogP contribution is -2.14. The van der Waals surface area contributed by atoms with Crippen LogP contribution in [0.3, 0.4) is 0 Å². The van der Waals surface area contributed by atoms with Crippen molar-refractivity contribution in [3.63, 3.8) is 0 Å². The van der Waals surface area contributed by atoms with Crippen LogP contribution in [0.5, 0.6) is 0 Å². The minimum absolute atomic E-state index is 0.347. The van der Waals surface area contributed by atoms with E-state index in [-0.39, 0.29) is 5.41 Å². The van der Waals surface area contributed by atoms with Gasteiger partial charge in [-0.3, -0.25) is 0 Å². The van der Waals surface area contributed by atoms with Gasteiger partial charge in [0, 0.05) is 0 Å². The van der Waals surface area contributed by atoms with Crippen LogP contribution in [0.25, 0.3) is 0 Å². The molecule has 0 unspecified atom stereocenters. The Labute approximate surface area is 48.7 Å². The van der Waals surface area contributed by atoms with Crippen molar-refractivity contribution in [3.8, 4) is 6.07 Å². The molecule has 0 aromatic rings. The number of aliphatic hydroxyl groups excluding tert-OH is 1. The average Bonchev–Trinajstić information content (AvgIpc) is 2.44. The molecule has 0 aromatic heterocycles. The highest BCUT2D eigenvalue weighted by molar-refractivity contribution is 5.12. The van der Waals surface area contributed by atoms with Crippen LogP contribution in [0.4, 0.5) is 0 Å². The van der Waals surface area contributed by atoms with E-state index in [9.17, 15) is 0 Å². The van der Waals surface area contributed by atoms with Crippen molar-refractivity contribution in [3.05, 3.63) is 0 Å². The van der Waals surface area contributed by atoms with E-state index in [1.165, 1.54) is 0 Å². The van der Waals surface area contributed by atoms with Crippen molar-refractivity contribution in [1.29, 1.82) is 5.26 Å². The molecule has 1 aliphatic carbocycles. The van der Waals surface area contributed by atoms with E-state index in [1.54, 1.807) is 6.92 Å². The van der Waals surface area contributed by atoms with Crippen LogP contribution in [0.2, 0.25) is 0 Å². The van der Waals surface area contributed by atoms with Crippen molar-refractivity contribution >= 4 is 0 Å². The molecule has 1 N–H and O–H groups in total. The van der Waals surface area contributed by atoms with Gasteiger partial charge in [-0.05, 0) is 19.8 Å². The lowest BCUT2D eigenvalue weighted by Gasteiger charge is -2.06. The maximum atomic E-state index is 8.92. The Morgan fingerprint density at radius 3 is 2.25 bits per heavy atom. The van der Waals surface area contributed by atoms with Gasteiger partial charge in [-0.2, -0.15) is 5.26 Å². The van der Waals surface area contributed by atoms with Crippen LogP contribution in [0, 0.1) is 16.7 Å². The number of nitriles is 1. The van der Waals surface area contributed by atoms with E-state index < -0.39 is 6.10 Å². The van der Waals surface area contributed by atoms with Crippen LogP contribution in [-0.2, 0) is 0 Å². The second-order valence-electron chi connectivity index (χ2n) is 2.44. The van der Waals surface area contributed by atoms with Crippen molar-refractivity contribution in [2.24, 2.45) is 5.41 Å². The Bertz CT molecular complexity index is 130. The Balaban J connectivity index is 2.57. The molecule has 44 valence electrons. The van der Waals surface area contributed by atoms with E-state index in [0.717, 1.165) is 12.8 Å². The summed E-state index contributed by atoms with van der Waals surface area (Å²) in [5.41, 5.74) is -0.347. The summed E-state index contributed by atoms with van der Waals surface area (Å²) in [6.07, 6.45) is 1.31. The number of aliphatic hydroxyl groups is 1. The summed E-state index contributed by atoms with van der Waals surface area (Å²) in [6, 6.07) is 2.10. The molecular weight excluding hydrogens is 102 g/mol. The predicted molar refractivity (Wildman–Crippen MR) is 29.0 cm³/mol. The van der Waals surface area contributed by atoms with E-state index in [0.29, 0.717) is 0 Å². The van der Waals surface area contributed by atoms with Crippen LogP contribution >= 0.6 is 0 Å². The highest BCUT2D eigenvalue weighted by atomic mass is 16.3. The Morgan fingerprint density at radius 1 is 1.75 bits per heavy atom. The predicted octanol–water partition coefficient (Wildman–Crippen LogP) is 0.671. The van der Waals surface area contributed by atoms with Gasteiger partial charge < -0.3 is 5.11 Å². The zero-order chi connectivity index (χ0) is 6.20. The third-order valence-corrected chi connectivity index (χ3v) is 1.81. The molecule has 0 spiro atoms. The smallest absolute Gasteiger partial charge is 0.0830 e. The third kappa shape index (κ3) is 0.597. The molecule has 1 fully saturated rings. The number of nitrogens with zero attached hydrogens (tertiary/aromatic N) is 1. The second kappa shape index (κ2) is 1.46. The van der Waals surface area contributed by atoms with Gasteiger partial charge in [0.25, 0.3) is 0 Å². The first-order chi connectivity index (χ1) is 3.71. The minimum atomic E-state index is -0.438. The summed E-state index contributed by atoms with van der Waals surface area (Å²) in [7, 11) is 0. The van der Waals surface area contributed by atoms with E-state index in [4.69, 9.17) is 10.4 Å². The van der Waals surface area contributed by atoms with E-state index >= 15 is 0 Å². The van der Waals surface area contributed by atoms with Gasteiger partial charge in [0.15, 0.2) is 0 Å². The van der Waals surface area contributed by atoms with Crippen molar-refractivity contribution < 1.29 is 5.11 Å². The van der Waals surface area contributed by atoms with Crippen LogP contribution < -0.4 is 0 Å². The number of hydrogen-bond acceptors (Lipinski definition) is 2. The molecule has 1 rings (SSSR count). The number of rotatable bonds is 1. The summed E-state index contributed by atoms with van der Waals surface area (Å²) in [5.74, 6) is 0. The summed E-state index contributed by atoms with van der Waals surface area (Å²) in [4.78, 5) is 0. The lowest BCUT2D eigenvalue weighted by molar-refractivity contribution is 0.141. The van der Waals surface area contributed by atoms with Gasteiger partial charge in [0.2, 0.25) is 0 Å². The molecule has 0 saturated heterocycles. The standard InChI is InChI=1S/C6H9NO/c1-5(8)6(4-7)2-3-6/h5,8H,2-3H2,1H3/t5-/m1/s1. The topological polar surface area (TPSA) is 44.0 Å². The summed E-state index contributed by atoms with van der Waals surface area (Å²) < 4.78 is 0. The molecule has 8 heavy (non-hydrogen) atoms. The van der Waals surface area contributed by atoms with Gasteiger partial charge in [-0.1, -0.05) is 0 Å². The quantitative estimate of drug-likeness (QED) is 0.540. The van der Waals surface area contributed by atoms with Gasteiger partial charge in [0.1, 0.15) is 0 Å². The monoisotopic (exact) mass is 111 g/mol. The zero-order valence-corrected chi connectivity index (χ0v) is 4.89. The summed E-state index contributed by atoms with van der Waals surface area (Å²) >= 11 is 0. The molecule has 0 aromatic carbocycles. The first-order valence-electron chi connectivity index (χ1n) is 2.80. The molecule has 0 radical (unpaired) electrons. The molecule has 0 amide bonds. The van der Waals surface area contributed by atoms with Gasteiger partial charge in [0.05, 0.1) is 17.6 Å². The SMILES string of the molecule is C[C@@H](O)C1(C#N)CC1. The van der Waals surface area contributed by atoms with Crippen LogP contribution in [0.1, 0.15) is 19.8 Å². The molecule has 0 heterocycles. The molecule has 2 nitrogen and oxygen atoms in total. The van der Waals surface area contributed by atoms with Crippen molar-refractivity contribution in [1.82, 2.24) is 0 Å². The third-order valence-electron chi connectivity index (χ3n) is 1.81. The molecule has 1 atom stereocenters. The maximum absolute atomic E-state index is 8.92. The Kier molecular flexibility index (Phi) is 1.02. The first kappa shape index (κ1) is 5.58. The van der Waals surface area contributed by atoms with Crippen LogP contribution in [0.15, 0.2) is 0 Å². The Hall–Kier alpha value is -0.550. The molecular formula is C6H9NO.